The lowest BCUT2D eigenvalue weighted by atomic mass is 10.4. The highest BCUT2D eigenvalue weighted by molar-refractivity contribution is 7.89. The van der Waals surface area contributed by atoms with Gasteiger partial charge in [0.2, 0.25) is 0 Å². The molecule has 1 N–H and O–H groups in total. The lowest BCUT2D eigenvalue weighted by Gasteiger charge is -2.07. The van der Waals surface area contributed by atoms with Crippen LogP contribution in [-0.4, -0.2) is 23.2 Å². The normalized spacial score (nSPS) is 11.9. The summed E-state index contributed by atoms with van der Waals surface area (Å²) in [5.41, 5.74) is 0.986. The summed E-state index contributed by atoms with van der Waals surface area (Å²) in [7, 11) is -3.55. The van der Waals surface area contributed by atoms with Gasteiger partial charge in [0.05, 0.1) is 18.4 Å². The minimum Gasteiger partial charge on any atom is -0.253 e. The van der Waals surface area contributed by atoms with Crippen molar-refractivity contribution < 1.29 is 8.42 Å². The molecule has 0 spiro atoms. The van der Waals surface area contributed by atoms with Crippen molar-refractivity contribution in [2.24, 2.45) is 0 Å². The van der Waals surface area contributed by atoms with Crippen LogP contribution < -0.4 is 4.72 Å². The largest absolute Gasteiger partial charge is 0.258 e. The van der Waals surface area contributed by atoms with Crippen LogP contribution in [0.3, 0.4) is 0 Å². The van der Waals surface area contributed by atoms with Gasteiger partial charge in [-0.3, -0.25) is 4.68 Å². The first-order chi connectivity index (χ1) is 9.56. The van der Waals surface area contributed by atoms with Crippen LogP contribution in [0.15, 0.2) is 22.7 Å². The molecule has 2 rings (SSSR count). The summed E-state index contributed by atoms with van der Waals surface area (Å²) in [4.78, 5) is 4.34. The van der Waals surface area contributed by atoms with Crippen LogP contribution in [0, 0.1) is 0 Å². The summed E-state index contributed by atoms with van der Waals surface area (Å²) in [5, 5.41) is 6.95. The van der Waals surface area contributed by atoms with Crippen LogP contribution in [0.5, 0.6) is 0 Å². The van der Waals surface area contributed by atoms with Crippen molar-refractivity contribution in [2.45, 2.75) is 44.8 Å². The molecular weight excluding hydrogens is 296 g/mol. The summed E-state index contributed by atoms with van der Waals surface area (Å²) >= 11 is 1.47. The van der Waals surface area contributed by atoms with Crippen LogP contribution in [0.2, 0.25) is 0 Å². The molecule has 0 saturated carbocycles. The Labute approximate surface area is 122 Å². The quantitative estimate of drug-likeness (QED) is 0.845. The molecule has 0 aliphatic rings. The summed E-state index contributed by atoms with van der Waals surface area (Å²) in [5.74, 6) is 0. The molecule has 20 heavy (non-hydrogen) atoms. The zero-order chi connectivity index (χ0) is 14.6. The van der Waals surface area contributed by atoms with E-state index >= 15 is 0 Å². The fourth-order valence-electron chi connectivity index (χ4n) is 1.75. The number of aromatic nitrogens is 3. The van der Waals surface area contributed by atoms with E-state index in [4.69, 9.17) is 0 Å². The molecule has 2 aromatic rings. The molecular formula is C12H18N4O2S2. The summed E-state index contributed by atoms with van der Waals surface area (Å²) in [6, 6.07) is 1.51. The third kappa shape index (κ3) is 3.44. The second-order valence-electron chi connectivity index (χ2n) is 4.30. The second kappa shape index (κ2) is 6.47. The summed E-state index contributed by atoms with van der Waals surface area (Å²) < 4.78 is 28.6. The van der Waals surface area contributed by atoms with Gasteiger partial charge in [-0.2, -0.15) is 5.10 Å². The van der Waals surface area contributed by atoms with Gasteiger partial charge in [-0.1, -0.05) is 13.8 Å². The maximum Gasteiger partial charge on any atom is 0.258 e. The SMILES string of the molecule is CCCn1nccc1S(=O)(=O)NCc1nc(CC)cs1. The van der Waals surface area contributed by atoms with Gasteiger partial charge in [-0.15, -0.1) is 11.3 Å². The number of nitrogens with zero attached hydrogens (tertiary/aromatic N) is 3. The maximum absolute atomic E-state index is 12.2. The van der Waals surface area contributed by atoms with Gasteiger partial charge in [-0.05, 0) is 18.9 Å². The van der Waals surface area contributed by atoms with Crippen LogP contribution in [0.4, 0.5) is 0 Å². The van der Waals surface area contributed by atoms with Crippen molar-refractivity contribution in [1.29, 1.82) is 0 Å². The topological polar surface area (TPSA) is 76.9 Å². The molecule has 0 aromatic carbocycles. The number of aryl methyl sites for hydroxylation is 2. The first-order valence-electron chi connectivity index (χ1n) is 6.51. The monoisotopic (exact) mass is 314 g/mol. The number of hydrogen-bond donors (Lipinski definition) is 1. The van der Waals surface area contributed by atoms with Gasteiger partial charge >= 0.3 is 0 Å². The van der Waals surface area contributed by atoms with E-state index in [-0.39, 0.29) is 11.6 Å². The predicted octanol–water partition coefficient (Wildman–Crippen LogP) is 1.79. The van der Waals surface area contributed by atoms with Crippen molar-refractivity contribution >= 4 is 21.4 Å². The fraction of sp³-hybridized carbons (Fsp3) is 0.500. The number of hydrogen-bond acceptors (Lipinski definition) is 5. The van der Waals surface area contributed by atoms with Crippen LogP contribution >= 0.6 is 11.3 Å². The minimum atomic E-state index is -3.55. The van der Waals surface area contributed by atoms with Crippen molar-refractivity contribution in [2.75, 3.05) is 0 Å². The zero-order valence-electron chi connectivity index (χ0n) is 11.5. The average molecular weight is 314 g/mol. The molecule has 2 heterocycles. The molecule has 0 saturated heterocycles. The van der Waals surface area contributed by atoms with Crippen molar-refractivity contribution in [3.63, 3.8) is 0 Å². The molecule has 0 aliphatic carbocycles. The van der Waals surface area contributed by atoms with E-state index in [1.54, 1.807) is 0 Å². The van der Waals surface area contributed by atoms with Crippen LogP contribution in [0.25, 0.3) is 0 Å². The standard InChI is InChI=1S/C12H18N4O2S2/c1-3-7-16-12(5-6-13-16)20(17,18)14-8-11-15-10(4-2)9-19-11/h5-6,9,14H,3-4,7-8H2,1-2H3. The van der Waals surface area contributed by atoms with Gasteiger partial charge in [0.1, 0.15) is 5.01 Å². The molecule has 0 bridgehead atoms. The number of thiazole rings is 1. The molecule has 0 atom stereocenters. The van der Waals surface area contributed by atoms with E-state index in [1.165, 1.54) is 28.3 Å². The first-order valence-corrected chi connectivity index (χ1v) is 8.88. The molecule has 0 unspecified atom stereocenters. The van der Waals surface area contributed by atoms with E-state index in [2.05, 4.69) is 14.8 Å². The fourth-order valence-corrected chi connectivity index (χ4v) is 3.79. The Morgan fingerprint density at radius 2 is 2.20 bits per heavy atom. The number of rotatable bonds is 7. The molecule has 110 valence electrons. The molecule has 0 aliphatic heterocycles. The zero-order valence-corrected chi connectivity index (χ0v) is 13.2. The van der Waals surface area contributed by atoms with Gasteiger partial charge in [-0.25, -0.2) is 18.1 Å². The molecule has 8 heteroatoms. The van der Waals surface area contributed by atoms with E-state index < -0.39 is 10.0 Å². The highest BCUT2D eigenvalue weighted by Gasteiger charge is 2.19. The smallest absolute Gasteiger partial charge is 0.253 e. The molecule has 2 aromatic heterocycles. The third-order valence-electron chi connectivity index (χ3n) is 2.76. The van der Waals surface area contributed by atoms with Crippen molar-refractivity contribution in [3.8, 4) is 0 Å². The molecule has 0 fully saturated rings. The van der Waals surface area contributed by atoms with E-state index in [9.17, 15) is 8.42 Å². The summed E-state index contributed by atoms with van der Waals surface area (Å²) in [6.45, 7) is 4.80. The maximum atomic E-state index is 12.2. The number of sulfonamides is 1. The predicted molar refractivity (Wildman–Crippen MR) is 78.0 cm³/mol. The van der Waals surface area contributed by atoms with Gasteiger partial charge in [0, 0.05) is 11.9 Å². The third-order valence-corrected chi connectivity index (χ3v) is 5.08. The highest BCUT2D eigenvalue weighted by atomic mass is 32.2. The Kier molecular flexibility index (Phi) is 4.90. The second-order valence-corrected chi connectivity index (χ2v) is 6.96. The van der Waals surface area contributed by atoms with Gasteiger partial charge in [0.15, 0.2) is 5.03 Å². The Bertz CT molecular complexity index is 661. The van der Waals surface area contributed by atoms with E-state index in [0.29, 0.717) is 6.54 Å². The lowest BCUT2D eigenvalue weighted by molar-refractivity contribution is 0.523. The molecule has 0 amide bonds. The van der Waals surface area contributed by atoms with Crippen molar-refractivity contribution in [3.05, 3.63) is 28.3 Å². The van der Waals surface area contributed by atoms with Gasteiger partial charge in [0.25, 0.3) is 10.0 Å². The summed E-state index contributed by atoms with van der Waals surface area (Å²) in [6.07, 6.45) is 3.19. The van der Waals surface area contributed by atoms with Crippen LogP contribution in [-0.2, 0) is 29.5 Å². The average Bonchev–Trinajstić information content (AvgIpc) is 3.05. The molecule has 0 radical (unpaired) electrons. The van der Waals surface area contributed by atoms with E-state index in [1.807, 2.05) is 19.2 Å². The minimum absolute atomic E-state index is 0.201. The highest BCUT2D eigenvalue weighted by Crippen LogP contribution is 2.13. The first kappa shape index (κ1) is 15.1. The Morgan fingerprint density at radius 3 is 2.85 bits per heavy atom. The molecule has 6 nitrogen and oxygen atoms in total. The Balaban J connectivity index is 2.08. The van der Waals surface area contributed by atoms with Gasteiger partial charge < -0.3 is 0 Å². The lowest BCUT2D eigenvalue weighted by Crippen LogP contribution is -2.26. The Morgan fingerprint density at radius 1 is 1.40 bits per heavy atom. The Hall–Kier alpha value is -1.25. The number of nitrogens with one attached hydrogen (secondary N) is 1. The van der Waals surface area contributed by atoms with Crippen LogP contribution in [0.1, 0.15) is 31.0 Å². The van der Waals surface area contributed by atoms with E-state index in [0.717, 1.165) is 23.5 Å². The van der Waals surface area contributed by atoms with Crippen molar-refractivity contribution in [1.82, 2.24) is 19.5 Å².